The van der Waals surface area contributed by atoms with E-state index in [-0.39, 0.29) is 29.6 Å². The van der Waals surface area contributed by atoms with Crippen LogP contribution in [0.4, 0.5) is 0 Å². The van der Waals surface area contributed by atoms with Crippen LogP contribution < -0.4 is 10.6 Å². The van der Waals surface area contributed by atoms with Gasteiger partial charge in [0.05, 0.1) is 0 Å². The fraction of sp³-hybridized carbons (Fsp3) is 0.591. The minimum Gasteiger partial charge on any atom is -0.354 e. The first-order valence-electron chi connectivity index (χ1n) is 10.3. The van der Waals surface area contributed by atoms with Crippen LogP contribution >= 0.6 is 0 Å². The number of hydrogen-bond donors (Lipinski definition) is 2. The fourth-order valence-corrected chi connectivity index (χ4v) is 3.56. The summed E-state index contributed by atoms with van der Waals surface area (Å²) < 4.78 is 0. The SMILES string of the molecule is CCCNC(=O)C(NC(=O)CC(C)C)C1CCN(C(=O)c2ccccc2)CC1. The van der Waals surface area contributed by atoms with E-state index in [0.29, 0.717) is 44.5 Å². The molecular formula is C22H33N3O3. The van der Waals surface area contributed by atoms with E-state index >= 15 is 0 Å². The minimum atomic E-state index is -0.535. The summed E-state index contributed by atoms with van der Waals surface area (Å²) in [6.07, 6.45) is 2.65. The van der Waals surface area contributed by atoms with Crippen molar-refractivity contribution in [3.8, 4) is 0 Å². The molecule has 1 unspecified atom stereocenters. The summed E-state index contributed by atoms with van der Waals surface area (Å²) in [6, 6.07) is 8.72. The van der Waals surface area contributed by atoms with Crippen molar-refractivity contribution in [3.05, 3.63) is 35.9 Å². The van der Waals surface area contributed by atoms with Gasteiger partial charge in [-0.25, -0.2) is 0 Å². The summed E-state index contributed by atoms with van der Waals surface area (Å²) in [5.74, 6) is 0.0913. The zero-order chi connectivity index (χ0) is 20.5. The molecule has 1 atom stereocenters. The Kier molecular flexibility index (Phi) is 8.48. The zero-order valence-corrected chi connectivity index (χ0v) is 17.2. The lowest BCUT2D eigenvalue weighted by Crippen LogP contribution is -2.54. The number of nitrogens with one attached hydrogen (secondary N) is 2. The van der Waals surface area contributed by atoms with Gasteiger partial charge in [0, 0.05) is 31.6 Å². The molecule has 0 bridgehead atoms. The van der Waals surface area contributed by atoms with E-state index in [1.165, 1.54) is 0 Å². The summed E-state index contributed by atoms with van der Waals surface area (Å²) in [4.78, 5) is 39.4. The summed E-state index contributed by atoms with van der Waals surface area (Å²) in [7, 11) is 0. The van der Waals surface area contributed by atoms with Crippen molar-refractivity contribution < 1.29 is 14.4 Å². The first-order valence-corrected chi connectivity index (χ1v) is 10.3. The third kappa shape index (κ3) is 6.36. The minimum absolute atomic E-state index is 0.0230. The van der Waals surface area contributed by atoms with Crippen molar-refractivity contribution in [2.75, 3.05) is 19.6 Å². The molecule has 1 aromatic carbocycles. The van der Waals surface area contributed by atoms with Crippen LogP contribution in [-0.4, -0.2) is 48.3 Å². The van der Waals surface area contributed by atoms with Gasteiger partial charge in [0.2, 0.25) is 11.8 Å². The number of amides is 3. The Labute approximate surface area is 168 Å². The van der Waals surface area contributed by atoms with Gasteiger partial charge in [-0.3, -0.25) is 14.4 Å². The van der Waals surface area contributed by atoms with Crippen LogP contribution in [-0.2, 0) is 9.59 Å². The predicted molar refractivity (Wildman–Crippen MR) is 110 cm³/mol. The number of likely N-dealkylation sites (tertiary alicyclic amines) is 1. The van der Waals surface area contributed by atoms with Crippen molar-refractivity contribution in [1.29, 1.82) is 0 Å². The van der Waals surface area contributed by atoms with Gasteiger partial charge in [0.25, 0.3) is 5.91 Å². The molecule has 1 fully saturated rings. The second-order valence-electron chi connectivity index (χ2n) is 7.93. The van der Waals surface area contributed by atoms with Crippen LogP contribution in [0.25, 0.3) is 0 Å². The third-order valence-corrected chi connectivity index (χ3v) is 5.06. The maximum atomic E-state index is 12.7. The second kappa shape index (κ2) is 10.8. The highest BCUT2D eigenvalue weighted by atomic mass is 16.2. The summed E-state index contributed by atoms with van der Waals surface area (Å²) >= 11 is 0. The largest absolute Gasteiger partial charge is 0.354 e. The highest BCUT2D eigenvalue weighted by molar-refractivity contribution is 5.94. The molecule has 3 amide bonds. The van der Waals surface area contributed by atoms with E-state index in [4.69, 9.17) is 0 Å². The van der Waals surface area contributed by atoms with Crippen molar-refractivity contribution >= 4 is 17.7 Å². The van der Waals surface area contributed by atoms with Crippen LogP contribution in [0.2, 0.25) is 0 Å². The molecule has 6 heteroatoms. The fourth-order valence-electron chi connectivity index (χ4n) is 3.56. The molecular weight excluding hydrogens is 354 g/mol. The third-order valence-electron chi connectivity index (χ3n) is 5.06. The molecule has 1 aliphatic rings. The molecule has 1 heterocycles. The van der Waals surface area contributed by atoms with Crippen LogP contribution in [0.15, 0.2) is 30.3 Å². The molecule has 1 saturated heterocycles. The van der Waals surface area contributed by atoms with Gasteiger partial charge in [0.15, 0.2) is 0 Å². The first kappa shape index (κ1) is 21.9. The molecule has 0 aromatic heterocycles. The van der Waals surface area contributed by atoms with Gasteiger partial charge < -0.3 is 15.5 Å². The molecule has 6 nitrogen and oxygen atoms in total. The predicted octanol–water partition coefficient (Wildman–Crippen LogP) is 2.60. The lowest BCUT2D eigenvalue weighted by Gasteiger charge is -2.36. The molecule has 0 saturated carbocycles. The molecule has 0 spiro atoms. The molecule has 1 aromatic rings. The van der Waals surface area contributed by atoms with Crippen molar-refractivity contribution in [2.45, 2.75) is 52.5 Å². The van der Waals surface area contributed by atoms with E-state index in [1.54, 1.807) is 0 Å². The number of carbonyl (C=O) groups excluding carboxylic acids is 3. The molecule has 0 radical (unpaired) electrons. The monoisotopic (exact) mass is 387 g/mol. The zero-order valence-electron chi connectivity index (χ0n) is 17.2. The average molecular weight is 388 g/mol. The van der Waals surface area contributed by atoms with E-state index in [0.717, 1.165) is 6.42 Å². The van der Waals surface area contributed by atoms with Crippen molar-refractivity contribution in [2.24, 2.45) is 11.8 Å². The summed E-state index contributed by atoms with van der Waals surface area (Å²) in [5, 5.41) is 5.86. The standard InChI is InChI=1S/C22H33N3O3/c1-4-12-23-21(27)20(24-19(26)15-16(2)3)17-10-13-25(14-11-17)22(28)18-8-6-5-7-9-18/h5-9,16-17,20H,4,10-15H2,1-3H3,(H,23,27)(H,24,26). The molecule has 154 valence electrons. The van der Waals surface area contributed by atoms with Gasteiger partial charge >= 0.3 is 0 Å². The highest BCUT2D eigenvalue weighted by Crippen LogP contribution is 2.23. The normalized spacial score (nSPS) is 15.9. The Morgan fingerprint density at radius 2 is 1.75 bits per heavy atom. The van der Waals surface area contributed by atoms with Gasteiger partial charge in [-0.1, -0.05) is 39.0 Å². The number of rotatable bonds is 8. The van der Waals surface area contributed by atoms with Gasteiger partial charge in [-0.05, 0) is 43.2 Å². The summed E-state index contributed by atoms with van der Waals surface area (Å²) in [6.45, 7) is 7.76. The smallest absolute Gasteiger partial charge is 0.253 e. The lowest BCUT2D eigenvalue weighted by atomic mass is 9.88. The number of carbonyl (C=O) groups is 3. The van der Waals surface area contributed by atoms with Crippen molar-refractivity contribution in [1.82, 2.24) is 15.5 Å². The van der Waals surface area contributed by atoms with Crippen LogP contribution in [0, 0.1) is 11.8 Å². The van der Waals surface area contributed by atoms with E-state index < -0.39 is 6.04 Å². The Morgan fingerprint density at radius 3 is 2.32 bits per heavy atom. The number of piperidine rings is 1. The second-order valence-corrected chi connectivity index (χ2v) is 7.93. The Morgan fingerprint density at radius 1 is 1.11 bits per heavy atom. The van der Waals surface area contributed by atoms with E-state index in [9.17, 15) is 14.4 Å². The maximum absolute atomic E-state index is 12.7. The van der Waals surface area contributed by atoms with Gasteiger partial charge in [0.1, 0.15) is 6.04 Å². The van der Waals surface area contributed by atoms with Crippen molar-refractivity contribution in [3.63, 3.8) is 0 Å². The van der Waals surface area contributed by atoms with E-state index in [1.807, 2.05) is 56.0 Å². The average Bonchev–Trinajstić information content (AvgIpc) is 2.70. The van der Waals surface area contributed by atoms with Crippen LogP contribution in [0.3, 0.4) is 0 Å². The first-order chi connectivity index (χ1) is 13.4. The molecule has 2 N–H and O–H groups in total. The van der Waals surface area contributed by atoms with Gasteiger partial charge in [-0.2, -0.15) is 0 Å². The molecule has 1 aliphatic heterocycles. The quantitative estimate of drug-likeness (QED) is 0.720. The summed E-state index contributed by atoms with van der Waals surface area (Å²) in [5.41, 5.74) is 0.684. The maximum Gasteiger partial charge on any atom is 0.253 e. The molecule has 0 aliphatic carbocycles. The number of hydrogen-bond acceptors (Lipinski definition) is 3. The van der Waals surface area contributed by atoms with E-state index in [2.05, 4.69) is 10.6 Å². The topological polar surface area (TPSA) is 78.5 Å². The molecule has 2 rings (SSSR count). The Hall–Kier alpha value is -2.37. The number of nitrogens with zero attached hydrogens (tertiary/aromatic N) is 1. The van der Waals surface area contributed by atoms with Gasteiger partial charge in [-0.15, -0.1) is 0 Å². The molecule has 28 heavy (non-hydrogen) atoms. The Bertz CT molecular complexity index is 652. The lowest BCUT2D eigenvalue weighted by molar-refractivity contribution is -0.131. The van der Waals surface area contributed by atoms with Crippen LogP contribution in [0.1, 0.15) is 56.8 Å². The Balaban J connectivity index is 1.99. The van der Waals surface area contributed by atoms with Crippen LogP contribution in [0.5, 0.6) is 0 Å². The highest BCUT2D eigenvalue weighted by Gasteiger charge is 2.33. The number of benzene rings is 1.